The van der Waals surface area contributed by atoms with Crippen molar-refractivity contribution in [3.63, 3.8) is 0 Å². The minimum absolute atomic E-state index is 1.04. The van der Waals surface area contributed by atoms with Gasteiger partial charge in [0.1, 0.15) is 10.0 Å². The molecule has 0 saturated carbocycles. The summed E-state index contributed by atoms with van der Waals surface area (Å²) in [4.78, 5) is 14.0. The first-order chi connectivity index (χ1) is 12.7. The number of pyridine rings is 1. The Morgan fingerprint density at radius 2 is 1.19 bits per heavy atom. The second-order valence-electron chi connectivity index (χ2n) is 6.25. The van der Waals surface area contributed by atoms with Crippen molar-refractivity contribution >= 4 is 43.1 Å². The third-order valence-corrected chi connectivity index (χ3v) is 7.04. The Labute approximate surface area is 159 Å². The van der Waals surface area contributed by atoms with Gasteiger partial charge < -0.3 is 0 Å². The molecular weight excluding hydrogens is 358 g/mol. The van der Waals surface area contributed by atoms with Crippen molar-refractivity contribution in [2.75, 3.05) is 0 Å². The number of rotatable bonds is 2. The number of aromatic nitrogens is 3. The lowest BCUT2D eigenvalue weighted by Gasteiger charge is -2.00. The smallest absolute Gasteiger partial charge is 0.124 e. The van der Waals surface area contributed by atoms with Crippen LogP contribution >= 0.6 is 22.7 Å². The van der Waals surface area contributed by atoms with Gasteiger partial charge in [0, 0.05) is 29.1 Å². The molecule has 126 valence electrons. The summed E-state index contributed by atoms with van der Waals surface area (Å²) < 4.78 is 2.52. The average molecular weight is 374 g/mol. The summed E-state index contributed by atoms with van der Waals surface area (Å²) in [6.45, 7) is 4.32. The van der Waals surface area contributed by atoms with Gasteiger partial charge in [0.25, 0.3) is 0 Å². The number of fused-ring (bicyclic) bond motifs is 2. The van der Waals surface area contributed by atoms with Crippen LogP contribution in [0.4, 0.5) is 0 Å². The maximum atomic E-state index is 4.95. The van der Waals surface area contributed by atoms with E-state index in [-0.39, 0.29) is 0 Å². The highest BCUT2D eigenvalue weighted by molar-refractivity contribution is 7.24. The van der Waals surface area contributed by atoms with Gasteiger partial charge in [-0.3, -0.25) is 4.98 Å². The molecule has 5 heteroatoms. The summed E-state index contributed by atoms with van der Waals surface area (Å²) in [5.74, 6) is 0. The van der Waals surface area contributed by atoms with E-state index in [1.165, 1.54) is 20.5 Å². The first-order valence-corrected chi connectivity index (χ1v) is 10.0. The Hall–Kier alpha value is -2.63. The van der Waals surface area contributed by atoms with Crippen molar-refractivity contribution < 1.29 is 0 Å². The quantitative estimate of drug-likeness (QED) is 0.367. The Balaban J connectivity index is 1.76. The monoisotopic (exact) mass is 373 g/mol. The largest absolute Gasteiger partial charge is 0.265 e. The van der Waals surface area contributed by atoms with Crippen LogP contribution in [0.2, 0.25) is 0 Å². The Kier molecular flexibility index (Phi) is 3.58. The van der Waals surface area contributed by atoms with Crippen molar-refractivity contribution in [1.82, 2.24) is 15.0 Å². The van der Waals surface area contributed by atoms with Gasteiger partial charge in [-0.05, 0) is 31.5 Å². The number of aryl methyl sites for hydroxylation is 2. The zero-order valence-corrected chi connectivity index (χ0v) is 16.0. The van der Waals surface area contributed by atoms with Crippen molar-refractivity contribution in [2.24, 2.45) is 0 Å². The molecule has 3 aromatic heterocycles. The van der Waals surface area contributed by atoms with Crippen LogP contribution in [0.3, 0.4) is 0 Å². The predicted octanol–water partition coefficient (Wildman–Crippen LogP) is 6.25. The third-order valence-electron chi connectivity index (χ3n) is 4.59. The lowest BCUT2D eigenvalue weighted by Crippen LogP contribution is -1.84. The summed E-state index contributed by atoms with van der Waals surface area (Å²) in [5, 5.41) is 2.10. The van der Waals surface area contributed by atoms with E-state index in [1.807, 2.05) is 30.6 Å². The Morgan fingerprint density at radius 3 is 1.77 bits per heavy atom. The van der Waals surface area contributed by atoms with Crippen LogP contribution in [0.15, 0.2) is 54.9 Å². The van der Waals surface area contributed by atoms with Gasteiger partial charge in [-0.15, -0.1) is 22.7 Å². The lowest BCUT2D eigenvalue weighted by atomic mass is 10.1. The minimum Gasteiger partial charge on any atom is -0.265 e. The van der Waals surface area contributed by atoms with Crippen LogP contribution < -0.4 is 0 Å². The van der Waals surface area contributed by atoms with Crippen LogP contribution in [0, 0.1) is 13.8 Å². The van der Waals surface area contributed by atoms with Gasteiger partial charge in [0.15, 0.2) is 0 Å². The number of benzene rings is 2. The van der Waals surface area contributed by atoms with Crippen LogP contribution in [-0.4, -0.2) is 15.0 Å². The van der Waals surface area contributed by atoms with E-state index in [9.17, 15) is 0 Å². The maximum Gasteiger partial charge on any atom is 0.124 e. The van der Waals surface area contributed by atoms with Crippen molar-refractivity contribution in [3.8, 4) is 21.1 Å². The zero-order valence-electron chi connectivity index (χ0n) is 14.4. The zero-order chi connectivity index (χ0) is 17.7. The Bertz CT molecular complexity index is 1090. The van der Waals surface area contributed by atoms with E-state index in [1.54, 1.807) is 22.7 Å². The molecule has 0 saturated heterocycles. The molecule has 0 aliphatic heterocycles. The number of hydrogen-bond donors (Lipinski definition) is 0. The molecule has 3 heterocycles. The highest BCUT2D eigenvalue weighted by Gasteiger charge is 2.18. The van der Waals surface area contributed by atoms with Gasteiger partial charge in [-0.25, -0.2) is 9.97 Å². The molecule has 0 spiro atoms. The second kappa shape index (κ2) is 5.97. The highest BCUT2D eigenvalue weighted by Crippen LogP contribution is 2.41. The van der Waals surface area contributed by atoms with E-state index >= 15 is 0 Å². The van der Waals surface area contributed by atoms with Crippen molar-refractivity contribution in [3.05, 3.63) is 66.0 Å². The van der Waals surface area contributed by atoms with Crippen LogP contribution in [0.1, 0.15) is 11.1 Å². The second-order valence-corrected chi connectivity index (χ2v) is 8.24. The first-order valence-electron chi connectivity index (χ1n) is 8.38. The van der Waals surface area contributed by atoms with Gasteiger partial charge >= 0.3 is 0 Å². The fraction of sp³-hybridized carbons (Fsp3) is 0.0952. The maximum absolute atomic E-state index is 4.95. The van der Waals surface area contributed by atoms with E-state index in [0.29, 0.717) is 0 Å². The molecule has 3 nitrogen and oxygen atoms in total. The van der Waals surface area contributed by atoms with Gasteiger partial charge in [0.2, 0.25) is 0 Å². The minimum atomic E-state index is 1.04. The van der Waals surface area contributed by atoms with Crippen LogP contribution in [0.25, 0.3) is 41.6 Å². The van der Waals surface area contributed by atoms with E-state index < -0.39 is 0 Å². The SMILES string of the molecule is Cc1c2nc(-c3ccccc3)sc2c(C)c2sc(-c3ccncc3)nc12. The van der Waals surface area contributed by atoms with Gasteiger partial charge in [0.05, 0.1) is 20.4 Å². The topological polar surface area (TPSA) is 38.7 Å². The molecule has 0 unspecified atom stereocenters. The standard InChI is InChI=1S/C21H15N3S2/c1-12-16-18(25-20(23-16)14-6-4-3-5-7-14)13(2)19-17(12)24-21(26-19)15-8-10-22-11-9-15/h3-11H,1-2H3. The molecule has 0 fully saturated rings. The molecule has 5 aromatic rings. The molecule has 5 rings (SSSR count). The summed E-state index contributed by atoms with van der Waals surface area (Å²) in [5.41, 5.74) is 6.86. The van der Waals surface area contributed by atoms with Crippen molar-refractivity contribution in [2.45, 2.75) is 13.8 Å². The molecule has 26 heavy (non-hydrogen) atoms. The normalized spacial score (nSPS) is 11.5. The fourth-order valence-electron chi connectivity index (χ4n) is 3.19. The molecule has 0 aliphatic carbocycles. The highest BCUT2D eigenvalue weighted by atomic mass is 32.1. The molecule has 0 amide bonds. The first kappa shape index (κ1) is 15.6. The lowest BCUT2D eigenvalue weighted by molar-refractivity contribution is 1.32. The van der Waals surface area contributed by atoms with Gasteiger partial charge in [-0.1, -0.05) is 30.3 Å². The summed E-state index contributed by atoms with van der Waals surface area (Å²) >= 11 is 3.52. The molecular formula is C21H15N3S2. The van der Waals surface area contributed by atoms with Crippen molar-refractivity contribution in [1.29, 1.82) is 0 Å². The Morgan fingerprint density at radius 1 is 0.654 bits per heavy atom. The average Bonchev–Trinajstić information content (AvgIpc) is 3.33. The van der Waals surface area contributed by atoms with Gasteiger partial charge in [-0.2, -0.15) is 0 Å². The summed E-state index contributed by atoms with van der Waals surface area (Å²) in [7, 11) is 0. The third kappa shape index (κ3) is 2.35. The van der Waals surface area contributed by atoms with Crippen LogP contribution in [-0.2, 0) is 0 Å². The molecule has 0 atom stereocenters. The van der Waals surface area contributed by atoms with E-state index in [4.69, 9.17) is 9.97 Å². The molecule has 0 radical (unpaired) electrons. The molecule has 0 bridgehead atoms. The molecule has 0 N–H and O–H groups in total. The van der Waals surface area contributed by atoms with E-state index in [2.05, 4.69) is 43.1 Å². The van der Waals surface area contributed by atoms with Crippen LogP contribution in [0.5, 0.6) is 0 Å². The summed E-state index contributed by atoms with van der Waals surface area (Å²) in [6, 6.07) is 14.4. The number of hydrogen-bond acceptors (Lipinski definition) is 5. The molecule has 0 aliphatic rings. The molecule has 2 aromatic carbocycles. The fourth-order valence-corrected chi connectivity index (χ4v) is 5.53. The predicted molar refractivity (Wildman–Crippen MR) is 111 cm³/mol. The number of thiazole rings is 2. The summed E-state index contributed by atoms with van der Waals surface area (Å²) in [6.07, 6.45) is 3.63. The number of nitrogens with zero attached hydrogens (tertiary/aromatic N) is 3. The van der Waals surface area contributed by atoms with E-state index in [0.717, 1.165) is 32.2 Å².